The van der Waals surface area contributed by atoms with Crippen molar-refractivity contribution in [3.05, 3.63) is 11.1 Å². The third kappa shape index (κ3) is 8.18. The summed E-state index contributed by atoms with van der Waals surface area (Å²) < 4.78 is 0.998. The van der Waals surface area contributed by atoms with E-state index in [9.17, 15) is 0 Å². The average molecular weight is 192 g/mol. The molecule has 0 unspecified atom stereocenters. The van der Waals surface area contributed by atoms with Crippen LogP contribution in [-0.4, -0.2) is 12.1 Å². The van der Waals surface area contributed by atoms with Crippen molar-refractivity contribution >= 4 is 15.9 Å². The Kier molecular flexibility index (Phi) is 3.44. The molecule has 0 spiro atoms. The van der Waals surface area contributed by atoms with Gasteiger partial charge in [0, 0.05) is 16.6 Å². The van der Waals surface area contributed by atoms with E-state index < -0.39 is 0 Å². The first-order chi connectivity index (χ1) is 3.92. The lowest BCUT2D eigenvalue weighted by Crippen LogP contribution is -2.36. The largest absolute Gasteiger partial charge is 0.308 e. The van der Waals surface area contributed by atoms with Crippen LogP contribution in [0.1, 0.15) is 20.8 Å². The molecule has 0 amide bonds. The first-order valence-corrected chi connectivity index (χ1v) is 3.79. The molecule has 0 saturated carbocycles. The molecule has 2 heteroatoms. The number of rotatable bonds is 2. The van der Waals surface area contributed by atoms with Gasteiger partial charge in [-0.2, -0.15) is 0 Å². The van der Waals surface area contributed by atoms with E-state index >= 15 is 0 Å². The SMILES string of the molecule is C=C(Br)CNC(C)(C)C. The van der Waals surface area contributed by atoms with Gasteiger partial charge in [-0.15, -0.1) is 0 Å². The first kappa shape index (κ1) is 9.18. The van der Waals surface area contributed by atoms with E-state index in [0.29, 0.717) is 0 Å². The quantitative estimate of drug-likeness (QED) is 0.707. The summed E-state index contributed by atoms with van der Waals surface area (Å²) >= 11 is 3.27. The van der Waals surface area contributed by atoms with Crippen molar-refractivity contribution in [2.75, 3.05) is 6.54 Å². The van der Waals surface area contributed by atoms with Gasteiger partial charge in [0.05, 0.1) is 0 Å². The maximum absolute atomic E-state index is 3.71. The van der Waals surface area contributed by atoms with E-state index in [0.717, 1.165) is 11.0 Å². The Morgan fingerprint density at radius 1 is 1.56 bits per heavy atom. The van der Waals surface area contributed by atoms with Crippen molar-refractivity contribution in [1.29, 1.82) is 0 Å². The lowest BCUT2D eigenvalue weighted by Gasteiger charge is -2.19. The molecule has 0 fully saturated rings. The van der Waals surface area contributed by atoms with Crippen molar-refractivity contribution in [1.82, 2.24) is 5.32 Å². The zero-order chi connectivity index (χ0) is 7.49. The fraction of sp³-hybridized carbons (Fsp3) is 0.714. The highest BCUT2D eigenvalue weighted by atomic mass is 79.9. The fourth-order valence-corrected chi connectivity index (χ4v) is 0.501. The van der Waals surface area contributed by atoms with E-state index in [4.69, 9.17) is 0 Å². The maximum atomic E-state index is 3.71. The Morgan fingerprint density at radius 3 is 2.11 bits per heavy atom. The van der Waals surface area contributed by atoms with E-state index in [-0.39, 0.29) is 5.54 Å². The summed E-state index contributed by atoms with van der Waals surface area (Å²) in [5, 5.41) is 3.27. The maximum Gasteiger partial charge on any atom is 0.0270 e. The van der Waals surface area contributed by atoms with Crippen LogP contribution in [0.2, 0.25) is 0 Å². The molecule has 0 bridgehead atoms. The number of hydrogen-bond acceptors (Lipinski definition) is 1. The number of hydrogen-bond donors (Lipinski definition) is 1. The van der Waals surface area contributed by atoms with Crippen molar-refractivity contribution in [2.24, 2.45) is 0 Å². The molecule has 1 nitrogen and oxygen atoms in total. The van der Waals surface area contributed by atoms with Crippen LogP contribution in [0, 0.1) is 0 Å². The van der Waals surface area contributed by atoms with E-state index in [1.165, 1.54) is 0 Å². The van der Waals surface area contributed by atoms with Crippen LogP contribution in [0.25, 0.3) is 0 Å². The average Bonchev–Trinajstić information content (AvgIpc) is 1.59. The Bertz CT molecular complexity index is 102. The van der Waals surface area contributed by atoms with E-state index in [1.807, 2.05) is 0 Å². The molecule has 0 atom stereocenters. The Balaban J connectivity index is 3.39. The van der Waals surface area contributed by atoms with Crippen molar-refractivity contribution in [3.8, 4) is 0 Å². The number of halogens is 1. The highest BCUT2D eigenvalue weighted by molar-refractivity contribution is 9.11. The zero-order valence-electron chi connectivity index (χ0n) is 6.29. The molecule has 0 rings (SSSR count). The van der Waals surface area contributed by atoms with Gasteiger partial charge in [0.25, 0.3) is 0 Å². The predicted octanol–water partition coefficient (Wildman–Crippen LogP) is 2.28. The summed E-state index contributed by atoms with van der Waals surface area (Å²) in [6, 6.07) is 0. The van der Waals surface area contributed by atoms with Crippen LogP contribution in [0.15, 0.2) is 11.1 Å². The molecule has 1 N–H and O–H groups in total. The molecule has 0 aromatic carbocycles. The minimum absolute atomic E-state index is 0.191. The van der Waals surface area contributed by atoms with Crippen LogP contribution in [-0.2, 0) is 0 Å². The Hall–Kier alpha value is 0.180. The molecule has 9 heavy (non-hydrogen) atoms. The molecule has 0 aromatic heterocycles. The van der Waals surface area contributed by atoms with E-state index in [1.54, 1.807) is 0 Å². The summed E-state index contributed by atoms with van der Waals surface area (Å²) in [6.45, 7) is 10.9. The van der Waals surface area contributed by atoms with E-state index in [2.05, 4.69) is 48.6 Å². The third-order valence-corrected chi connectivity index (χ3v) is 1.09. The summed E-state index contributed by atoms with van der Waals surface area (Å²) in [6.07, 6.45) is 0. The topological polar surface area (TPSA) is 12.0 Å². The lowest BCUT2D eigenvalue weighted by atomic mass is 10.1. The van der Waals surface area contributed by atoms with Crippen molar-refractivity contribution in [2.45, 2.75) is 26.3 Å². The van der Waals surface area contributed by atoms with Gasteiger partial charge in [-0.05, 0) is 20.8 Å². The second kappa shape index (κ2) is 3.37. The Labute approximate surface area is 65.7 Å². The second-order valence-electron chi connectivity index (χ2n) is 3.12. The third-order valence-electron chi connectivity index (χ3n) is 0.811. The predicted molar refractivity (Wildman–Crippen MR) is 45.8 cm³/mol. The summed E-state index contributed by atoms with van der Waals surface area (Å²) in [5.41, 5.74) is 0.191. The Morgan fingerprint density at radius 2 is 2.00 bits per heavy atom. The first-order valence-electron chi connectivity index (χ1n) is 3.00. The van der Waals surface area contributed by atoms with Gasteiger partial charge < -0.3 is 5.32 Å². The van der Waals surface area contributed by atoms with Crippen LogP contribution in [0.3, 0.4) is 0 Å². The molecule has 0 radical (unpaired) electrons. The van der Waals surface area contributed by atoms with Crippen LogP contribution < -0.4 is 5.32 Å². The minimum Gasteiger partial charge on any atom is -0.308 e. The summed E-state index contributed by atoms with van der Waals surface area (Å²) in [5.74, 6) is 0. The second-order valence-corrected chi connectivity index (χ2v) is 4.24. The molecule has 0 aliphatic rings. The van der Waals surface area contributed by atoms with Gasteiger partial charge in [-0.3, -0.25) is 0 Å². The van der Waals surface area contributed by atoms with Crippen LogP contribution in [0.4, 0.5) is 0 Å². The molecule has 54 valence electrons. The standard InChI is InChI=1S/C7H14BrN/c1-6(8)5-9-7(2,3)4/h9H,1,5H2,2-4H3. The van der Waals surface area contributed by atoms with Gasteiger partial charge >= 0.3 is 0 Å². The summed E-state index contributed by atoms with van der Waals surface area (Å²) in [4.78, 5) is 0. The molecular formula is C7H14BrN. The lowest BCUT2D eigenvalue weighted by molar-refractivity contribution is 0.448. The highest BCUT2D eigenvalue weighted by Crippen LogP contribution is 2.03. The van der Waals surface area contributed by atoms with Crippen molar-refractivity contribution < 1.29 is 0 Å². The molecular weight excluding hydrogens is 178 g/mol. The normalized spacial score (nSPS) is 11.6. The van der Waals surface area contributed by atoms with Crippen LogP contribution >= 0.6 is 15.9 Å². The van der Waals surface area contributed by atoms with Gasteiger partial charge in [-0.25, -0.2) is 0 Å². The van der Waals surface area contributed by atoms with Gasteiger partial charge in [0.1, 0.15) is 0 Å². The fourth-order valence-electron chi connectivity index (χ4n) is 0.361. The van der Waals surface area contributed by atoms with Gasteiger partial charge in [0.15, 0.2) is 0 Å². The van der Waals surface area contributed by atoms with Crippen LogP contribution in [0.5, 0.6) is 0 Å². The van der Waals surface area contributed by atoms with Gasteiger partial charge in [-0.1, -0.05) is 22.5 Å². The minimum atomic E-state index is 0.191. The smallest absolute Gasteiger partial charge is 0.0270 e. The molecule has 0 saturated heterocycles. The molecule has 0 aromatic rings. The zero-order valence-corrected chi connectivity index (χ0v) is 7.88. The highest BCUT2D eigenvalue weighted by Gasteiger charge is 2.06. The van der Waals surface area contributed by atoms with Crippen molar-refractivity contribution in [3.63, 3.8) is 0 Å². The molecule has 0 heterocycles. The monoisotopic (exact) mass is 191 g/mol. The summed E-state index contributed by atoms with van der Waals surface area (Å²) in [7, 11) is 0. The van der Waals surface area contributed by atoms with Gasteiger partial charge in [0.2, 0.25) is 0 Å². The molecule has 0 aliphatic heterocycles. The number of nitrogens with one attached hydrogen (secondary N) is 1. The molecule has 0 aliphatic carbocycles.